The Labute approximate surface area is 158 Å². The summed E-state index contributed by atoms with van der Waals surface area (Å²) in [5.74, 6) is 1.30. The molecule has 1 aromatic carbocycles. The van der Waals surface area contributed by atoms with E-state index in [4.69, 9.17) is 0 Å². The maximum atomic E-state index is 13.9. The van der Waals surface area contributed by atoms with Crippen LogP contribution in [0.1, 0.15) is 12.5 Å². The van der Waals surface area contributed by atoms with Gasteiger partial charge in [0, 0.05) is 44.3 Å². The van der Waals surface area contributed by atoms with Crippen LogP contribution < -0.4 is 10.2 Å². The van der Waals surface area contributed by atoms with Gasteiger partial charge in [0.1, 0.15) is 29.3 Å². The number of hydrogen-bond donors (Lipinski definition) is 1. The minimum Gasteiger partial charge on any atom is -0.365 e. The largest absolute Gasteiger partial charge is 0.365 e. The Balaban J connectivity index is 1.42. The molecule has 3 aromatic rings. The fourth-order valence-corrected chi connectivity index (χ4v) is 3.38. The van der Waals surface area contributed by atoms with Crippen LogP contribution in [0, 0.1) is 5.82 Å². The van der Waals surface area contributed by atoms with Gasteiger partial charge >= 0.3 is 0 Å². The summed E-state index contributed by atoms with van der Waals surface area (Å²) in [5, 5.41) is 3.94. The number of rotatable bonds is 5. The number of halogens is 1. The zero-order valence-electron chi connectivity index (χ0n) is 15.4. The van der Waals surface area contributed by atoms with E-state index in [1.54, 1.807) is 6.07 Å². The first-order valence-electron chi connectivity index (χ1n) is 9.30. The van der Waals surface area contributed by atoms with Gasteiger partial charge in [-0.05, 0) is 30.3 Å². The van der Waals surface area contributed by atoms with Crippen LogP contribution in [0.25, 0.3) is 10.9 Å². The fraction of sp³-hybridized carbons (Fsp3) is 0.350. The van der Waals surface area contributed by atoms with Gasteiger partial charge in [0.05, 0.1) is 0 Å². The first kappa shape index (κ1) is 17.6. The summed E-state index contributed by atoms with van der Waals surface area (Å²) < 4.78 is 13.9. The van der Waals surface area contributed by atoms with Crippen LogP contribution in [0.2, 0.25) is 0 Å². The number of likely N-dealkylation sites (N-methyl/N-ethyl adjacent to an activating group) is 1. The molecule has 1 saturated heterocycles. The van der Waals surface area contributed by atoms with Gasteiger partial charge in [-0.1, -0.05) is 19.1 Å². The predicted molar refractivity (Wildman–Crippen MR) is 105 cm³/mol. The summed E-state index contributed by atoms with van der Waals surface area (Å²) in [4.78, 5) is 17.7. The summed E-state index contributed by atoms with van der Waals surface area (Å²) in [5.41, 5.74) is 1.38. The highest BCUT2D eigenvalue weighted by Gasteiger charge is 2.16. The molecule has 27 heavy (non-hydrogen) atoms. The summed E-state index contributed by atoms with van der Waals surface area (Å²) in [6.07, 6.45) is 3.27. The molecular weight excluding hydrogens is 343 g/mol. The molecule has 0 amide bonds. The van der Waals surface area contributed by atoms with Crippen LogP contribution in [-0.2, 0) is 6.54 Å². The van der Waals surface area contributed by atoms with Crippen LogP contribution in [-0.4, -0.2) is 52.6 Å². The van der Waals surface area contributed by atoms with Crippen LogP contribution in [0.3, 0.4) is 0 Å². The van der Waals surface area contributed by atoms with Gasteiger partial charge in [-0.25, -0.2) is 19.3 Å². The third-order valence-electron chi connectivity index (χ3n) is 5.03. The third-order valence-corrected chi connectivity index (χ3v) is 5.03. The van der Waals surface area contributed by atoms with E-state index in [1.807, 2.05) is 12.3 Å². The number of hydrogen-bond acceptors (Lipinski definition) is 6. The molecule has 1 fully saturated rings. The van der Waals surface area contributed by atoms with E-state index in [1.165, 1.54) is 12.4 Å². The normalized spacial score (nSPS) is 15.3. The summed E-state index contributed by atoms with van der Waals surface area (Å²) in [7, 11) is 0. The van der Waals surface area contributed by atoms with Crippen LogP contribution in [0.5, 0.6) is 0 Å². The minimum atomic E-state index is -0.341. The lowest BCUT2D eigenvalue weighted by atomic mass is 10.2. The van der Waals surface area contributed by atoms with Crippen molar-refractivity contribution in [1.29, 1.82) is 0 Å². The van der Waals surface area contributed by atoms with E-state index in [0.29, 0.717) is 23.3 Å². The number of anilines is 2. The van der Waals surface area contributed by atoms with Crippen LogP contribution in [0.4, 0.5) is 16.0 Å². The second-order valence-electron chi connectivity index (χ2n) is 6.66. The minimum absolute atomic E-state index is 0.328. The molecular formula is C20H23FN6. The lowest BCUT2D eigenvalue weighted by Crippen LogP contribution is -2.46. The highest BCUT2D eigenvalue weighted by molar-refractivity contribution is 5.89. The maximum absolute atomic E-state index is 13.9. The van der Waals surface area contributed by atoms with Crippen molar-refractivity contribution in [3.8, 4) is 0 Å². The number of nitrogens with zero attached hydrogens (tertiary/aromatic N) is 5. The maximum Gasteiger partial charge on any atom is 0.149 e. The topological polar surface area (TPSA) is 57.2 Å². The molecule has 2 aromatic heterocycles. The Morgan fingerprint density at radius 2 is 1.89 bits per heavy atom. The Morgan fingerprint density at radius 3 is 2.63 bits per heavy atom. The molecule has 1 aliphatic heterocycles. The first-order valence-corrected chi connectivity index (χ1v) is 9.30. The molecule has 0 unspecified atom stereocenters. The molecule has 140 valence electrons. The van der Waals surface area contributed by atoms with Crippen molar-refractivity contribution < 1.29 is 4.39 Å². The molecule has 3 heterocycles. The molecule has 0 bridgehead atoms. The number of nitrogens with one attached hydrogen (secondary N) is 1. The smallest absolute Gasteiger partial charge is 0.149 e. The van der Waals surface area contributed by atoms with E-state index >= 15 is 0 Å². The van der Waals surface area contributed by atoms with E-state index in [9.17, 15) is 4.39 Å². The Kier molecular flexibility index (Phi) is 5.11. The van der Waals surface area contributed by atoms with Crippen LogP contribution >= 0.6 is 0 Å². The Morgan fingerprint density at radius 1 is 1.04 bits per heavy atom. The first-order chi connectivity index (χ1) is 13.2. The molecule has 4 rings (SSSR count). The zero-order valence-corrected chi connectivity index (χ0v) is 15.4. The molecule has 0 saturated carbocycles. The quantitative estimate of drug-likeness (QED) is 0.749. The van der Waals surface area contributed by atoms with Gasteiger partial charge in [0.2, 0.25) is 0 Å². The number of para-hydroxylation sites is 1. The second-order valence-corrected chi connectivity index (χ2v) is 6.66. The number of benzene rings is 1. The number of piperazine rings is 1. The third kappa shape index (κ3) is 3.83. The molecule has 7 heteroatoms. The molecule has 6 nitrogen and oxygen atoms in total. The fourth-order valence-electron chi connectivity index (χ4n) is 3.38. The van der Waals surface area contributed by atoms with E-state index in [0.717, 1.165) is 44.1 Å². The van der Waals surface area contributed by atoms with Crippen molar-refractivity contribution in [2.24, 2.45) is 0 Å². The summed E-state index contributed by atoms with van der Waals surface area (Å²) in [6, 6.07) is 9.03. The second kappa shape index (κ2) is 7.84. The molecule has 0 spiro atoms. The van der Waals surface area contributed by atoms with Crippen molar-refractivity contribution in [3.05, 3.63) is 54.2 Å². The number of fused-ring (bicyclic) bond motifs is 1. The SMILES string of the molecule is CCN1CCN(c2ccc(CNc3ncnc4c(F)cccc34)cn2)CC1. The van der Waals surface area contributed by atoms with Gasteiger partial charge in [-0.15, -0.1) is 0 Å². The van der Waals surface area contributed by atoms with Crippen molar-refractivity contribution in [2.45, 2.75) is 13.5 Å². The lowest BCUT2D eigenvalue weighted by molar-refractivity contribution is 0.270. The molecule has 1 aliphatic rings. The molecule has 1 N–H and O–H groups in total. The Hall–Kier alpha value is -2.80. The van der Waals surface area contributed by atoms with E-state index < -0.39 is 0 Å². The predicted octanol–water partition coefficient (Wildman–Crippen LogP) is 2.92. The average Bonchev–Trinajstić information content (AvgIpc) is 2.73. The zero-order chi connectivity index (χ0) is 18.6. The summed E-state index contributed by atoms with van der Waals surface area (Å²) >= 11 is 0. The lowest BCUT2D eigenvalue weighted by Gasteiger charge is -2.34. The standard InChI is InChI=1S/C20H23FN6/c1-2-26-8-10-27(11-9-26)18-7-6-15(12-22-18)13-23-20-16-4-3-5-17(21)19(16)24-14-25-20/h3-7,12,14H,2,8-11,13H2,1H3,(H,23,24,25). The van der Waals surface area contributed by atoms with Crippen molar-refractivity contribution >= 4 is 22.5 Å². The van der Waals surface area contributed by atoms with Gasteiger partial charge < -0.3 is 15.1 Å². The van der Waals surface area contributed by atoms with Gasteiger partial charge in [0.15, 0.2) is 0 Å². The number of pyridine rings is 1. The van der Waals surface area contributed by atoms with E-state index in [-0.39, 0.29) is 5.82 Å². The highest BCUT2D eigenvalue weighted by Crippen LogP contribution is 2.22. The van der Waals surface area contributed by atoms with Crippen molar-refractivity contribution in [1.82, 2.24) is 19.9 Å². The summed E-state index contributed by atoms with van der Waals surface area (Å²) in [6.45, 7) is 8.06. The molecule has 0 aliphatic carbocycles. The van der Waals surface area contributed by atoms with Crippen LogP contribution in [0.15, 0.2) is 42.9 Å². The van der Waals surface area contributed by atoms with E-state index in [2.05, 4.69) is 49.1 Å². The highest BCUT2D eigenvalue weighted by atomic mass is 19.1. The van der Waals surface area contributed by atoms with Crippen molar-refractivity contribution in [2.75, 3.05) is 42.9 Å². The van der Waals surface area contributed by atoms with Gasteiger partial charge in [-0.3, -0.25) is 0 Å². The van der Waals surface area contributed by atoms with Crippen molar-refractivity contribution in [3.63, 3.8) is 0 Å². The van der Waals surface area contributed by atoms with Gasteiger partial charge in [0.25, 0.3) is 0 Å². The van der Waals surface area contributed by atoms with Gasteiger partial charge in [-0.2, -0.15) is 0 Å². The average molecular weight is 366 g/mol. The molecule has 0 atom stereocenters. The monoisotopic (exact) mass is 366 g/mol. The number of aromatic nitrogens is 3. The Bertz CT molecular complexity index is 906. The molecule has 0 radical (unpaired) electrons.